The molecule has 1 atom stereocenters. The van der Waals surface area contributed by atoms with Crippen LogP contribution in [0.25, 0.3) is 5.69 Å². The van der Waals surface area contributed by atoms with Crippen molar-refractivity contribution in [1.82, 2.24) is 20.4 Å². The highest BCUT2D eigenvalue weighted by Gasteiger charge is 2.21. The Bertz CT molecular complexity index is 653. The summed E-state index contributed by atoms with van der Waals surface area (Å²) in [7, 11) is 1.68. The number of hydrogen-bond donors (Lipinski definition) is 2. The molecule has 1 heterocycles. The summed E-state index contributed by atoms with van der Waals surface area (Å²) >= 11 is 0. The molecule has 2 rings (SSSR count). The third kappa shape index (κ3) is 5.38. The first kappa shape index (κ1) is 18.0. The van der Waals surface area contributed by atoms with Gasteiger partial charge in [0.25, 0.3) is 0 Å². The van der Waals surface area contributed by atoms with Crippen LogP contribution in [0.3, 0.4) is 0 Å². The third-order valence-corrected chi connectivity index (χ3v) is 3.86. The van der Waals surface area contributed by atoms with Gasteiger partial charge < -0.3 is 15.4 Å². The lowest BCUT2D eigenvalue weighted by Gasteiger charge is -2.27. The lowest BCUT2D eigenvalue weighted by atomic mass is 10.00. The second kappa shape index (κ2) is 7.97. The van der Waals surface area contributed by atoms with Crippen LogP contribution in [-0.2, 0) is 11.3 Å². The second-order valence-electron chi connectivity index (χ2n) is 6.52. The highest BCUT2D eigenvalue weighted by atomic mass is 16.5. The maximum Gasteiger partial charge on any atom is 0.315 e. The summed E-state index contributed by atoms with van der Waals surface area (Å²) in [5, 5.41) is 10.0. The molecule has 0 saturated carbocycles. The molecular formula is C18H26N4O2. The van der Waals surface area contributed by atoms with E-state index in [0.717, 1.165) is 17.7 Å². The number of rotatable bonds is 7. The van der Waals surface area contributed by atoms with Crippen LogP contribution in [-0.4, -0.2) is 34.6 Å². The van der Waals surface area contributed by atoms with Crippen LogP contribution in [0.15, 0.2) is 42.7 Å². The number of nitrogens with one attached hydrogen (secondary N) is 2. The van der Waals surface area contributed by atoms with Crippen molar-refractivity contribution in [1.29, 1.82) is 0 Å². The summed E-state index contributed by atoms with van der Waals surface area (Å²) < 4.78 is 7.18. The molecule has 0 bridgehead atoms. The Morgan fingerprint density at radius 1 is 1.38 bits per heavy atom. The molecule has 0 unspecified atom stereocenters. The molecule has 1 aromatic carbocycles. The Labute approximate surface area is 143 Å². The molecule has 2 N–H and O–H groups in total. The predicted octanol–water partition coefficient (Wildman–Crippen LogP) is 2.88. The van der Waals surface area contributed by atoms with Gasteiger partial charge in [0.05, 0.1) is 11.3 Å². The number of carbonyl (C=O) groups is 1. The molecule has 0 saturated heterocycles. The molecule has 0 aliphatic carbocycles. The average Bonchev–Trinajstić information content (AvgIpc) is 3.07. The zero-order chi connectivity index (χ0) is 17.6. The highest BCUT2D eigenvalue weighted by Crippen LogP contribution is 2.15. The zero-order valence-corrected chi connectivity index (χ0v) is 14.7. The van der Waals surface area contributed by atoms with Crippen LogP contribution in [0.5, 0.6) is 0 Å². The van der Waals surface area contributed by atoms with Crippen molar-refractivity contribution in [2.75, 3.05) is 7.11 Å². The smallest absolute Gasteiger partial charge is 0.315 e. The van der Waals surface area contributed by atoms with Crippen molar-refractivity contribution in [2.45, 2.75) is 45.4 Å². The number of carbonyl (C=O) groups excluding carboxylic acids is 1. The molecule has 0 spiro atoms. The fourth-order valence-electron chi connectivity index (χ4n) is 2.56. The number of benzene rings is 1. The van der Waals surface area contributed by atoms with Gasteiger partial charge in [-0.25, -0.2) is 9.48 Å². The number of amides is 2. The SMILES string of the molecule is COC(C)(C)C[C@@H](C)NC(=O)NCc1cccc(-n2cccn2)c1. The Morgan fingerprint density at radius 2 is 2.17 bits per heavy atom. The summed E-state index contributed by atoms with van der Waals surface area (Å²) in [6, 6.07) is 9.63. The molecule has 2 aromatic rings. The maximum absolute atomic E-state index is 12.0. The van der Waals surface area contributed by atoms with Crippen molar-refractivity contribution < 1.29 is 9.53 Å². The largest absolute Gasteiger partial charge is 0.379 e. The molecule has 0 radical (unpaired) electrons. The number of methoxy groups -OCH3 is 1. The van der Waals surface area contributed by atoms with Crippen LogP contribution < -0.4 is 10.6 Å². The fourth-order valence-corrected chi connectivity index (χ4v) is 2.56. The van der Waals surface area contributed by atoms with Crippen LogP contribution in [0.1, 0.15) is 32.8 Å². The lowest BCUT2D eigenvalue weighted by molar-refractivity contribution is 0.00950. The quantitative estimate of drug-likeness (QED) is 0.820. The first-order valence-electron chi connectivity index (χ1n) is 8.08. The Kier molecular flexibility index (Phi) is 5.98. The van der Waals surface area contributed by atoms with Crippen molar-refractivity contribution in [3.63, 3.8) is 0 Å². The van der Waals surface area contributed by atoms with E-state index in [9.17, 15) is 4.79 Å². The van der Waals surface area contributed by atoms with Crippen molar-refractivity contribution in [3.05, 3.63) is 48.3 Å². The van der Waals surface area contributed by atoms with E-state index in [1.165, 1.54) is 0 Å². The number of aromatic nitrogens is 2. The molecule has 1 aromatic heterocycles. The van der Waals surface area contributed by atoms with E-state index < -0.39 is 0 Å². The first-order chi connectivity index (χ1) is 11.4. The minimum absolute atomic E-state index is 0.0235. The van der Waals surface area contributed by atoms with Gasteiger partial charge in [-0.3, -0.25) is 0 Å². The number of ether oxygens (including phenoxy) is 1. The van der Waals surface area contributed by atoms with E-state index in [2.05, 4.69) is 15.7 Å². The van der Waals surface area contributed by atoms with E-state index in [1.807, 2.05) is 57.3 Å². The van der Waals surface area contributed by atoms with Gasteiger partial charge >= 0.3 is 6.03 Å². The van der Waals surface area contributed by atoms with Crippen LogP contribution in [0.2, 0.25) is 0 Å². The monoisotopic (exact) mass is 330 g/mol. The maximum atomic E-state index is 12.0. The fraction of sp³-hybridized carbons (Fsp3) is 0.444. The molecule has 2 amide bonds. The van der Waals surface area contributed by atoms with E-state index in [-0.39, 0.29) is 17.7 Å². The molecule has 0 aliphatic rings. The molecule has 6 nitrogen and oxygen atoms in total. The van der Waals surface area contributed by atoms with Gasteiger partial charge in [-0.1, -0.05) is 12.1 Å². The van der Waals surface area contributed by atoms with Crippen LogP contribution >= 0.6 is 0 Å². The van der Waals surface area contributed by atoms with Crippen molar-refractivity contribution in [2.24, 2.45) is 0 Å². The predicted molar refractivity (Wildman–Crippen MR) is 94.1 cm³/mol. The Hall–Kier alpha value is -2.34. The first-order valence-corrected chi connectivity index (χ1v) is 8.08. The Morgan fingerprint density at radius 3 is 2.83 bits per heavy atom. The molecular weight excluding hydrogens is 304 g/mol. The topological polar surface area (TPSA) is 68.2 Å². The molecule has 0 aliphatic heterocycles. The second-order valence-corrected chi connectivity index (χ2v) is 6.52. The van der Waals surface area contributed by atoms with E-state index in [1.54, 1.807) is 18.0 Å². The van der Waals surface area contributed by atoms with Crippen molar-refractivity contribution in [3.8, 4) is 5.69 Å². The average molecular weight is 330 g/mol. The minimum Gasteiger partial charge on any atom is -0.379 e. The van der Waals surface area contributed by atoms with Gasteiger partial charge in [0.15, 0.2) is 0 Å². The van der Waals surface area contributed by atoms with Gasteiger partial charge in [0.1, 0.15) is 0 Å². The number of urea groups is 1. The standard InChI is InChI=1S/C18H26N4O2/c1-14(12-18(2,3)24-4)21-17(23)19-13-15-7-5-8-16(11-15)22-10-6-9-20-22/h5-11,14H,12-13H2,1-4H3,(H2,19,21,23)/t14-/m1/s1. The Balaban J connectivity index is 1.85. The van der Waals surface area contributed by atoms with E-state index in [0.29, 0.717) is 6.54 Å². The van der Waals surface area contributed by atoms with Crippen LogP contribution in [0, 0.1) is 0 Å². The number of nitrogens with zero attached hydrogens (tertiary/aromatic N) is 2. The summed E-state index contributed by atoms with van der Waals surface area (Å²) in [6.45, 7) is 6.44. The zero-order valence-electron chi connectivity index (χ0n) is 14.7. The number of hydrogen-bond acceptors (Lipinski definition) is 3. The van der Waals surface area contributed by atoms with Crippen molar-refractivity contribution >= 4 is 6.03 Å². The van der Waals surface area contributed by atoms with Gasteiger partial charge in [0.2, 0.25) is 0 Å². The summed E-state index contributed by atoms with van der Waals surface area (Å²) in [5.74, 6) is 0. The van der Waals surface area contributed by atoms with Gasteiger partial charge in [-0.15, -0.1) is 0 Å². The van der Waals surface area contributed by atoms with Gasteiger partial charge in [0, 0.05) is 32.1 Å². The molecule has 6 heteroatoms. The van der Waals surface area contributed by atoms with E-state index in [4.69, 9.17) is 4.74 Å². The van der Waals surface area contributed by atoms with Gasteiger partial charge in [-0.05, 0) is 51.0 Å². The van der Waals surface area contributed by atoms with E-state index >= 15 is 0 Å². The molecule has 0 fully saturated rings. The summed E-state index contributed by atoms with van der Waals surface area (Å²) in [4.78, 5) is 12.0. The third-order valence-electron chi connectivity index (χ3n) is 3.86. The van der Waals surface area contributed by atoms with Crippen LogP contribution in [0.4, 0.5) is 4.79 Å². The molecule has 130 valence electrons. The summed E-state index contributed by atoms with van der Waals surface area (Å²) in [6.07, 6.45) is 4.37. The normalized spacial score (nSPS) is 12.7. The van der Waals surface area contributed by atoms with Gasteiger partial charge in [-0.2, -0.15) is 5.10 Å². The molecule has 24 heavy (non-hydrogen) atoms. The lowest BCUT2D eigenvalue weighted by Crippen LogP contribution is -2.43. The highest BCUT2D eigenvalue weighted by molar-refractivity contribution is 5.74. The minimum atomic E-state index is -0.259. The summed E-state index contributed by atoms with van der Waals surface area (Å²) in [5.41, 5.74) is 1.73.